The summed E-state index contributed by atoms with van der Waals surface area (Å²) in [5.41, 5.74) is 4.77. The third-order valence-corrected chi connectivity index (χ3v) is 5.88. The number of carboxylic acid groups (broad SMARTS) is 1. The molecule has 3 aromatic carbocycles. The Bertz CT molecular complexity index is 1150. The average molecular weight is 473 g/mol. The highest BCUT2D eigenvalue weighted by atomic mass is 16.4. The van der Waals surface area contributed by atoms with Crippen LogP contribution in [0.5, 0.6) is 0 Å². The fourth-order valence-corrected chi connectivity index (χ4v) is 3.71. The number of carbonyl (C=O) groups is 3. The number of nitrogens with one attached hydrogen (secondary N) is 2. The SMILES string of the molecule is CCCCc1ccc(C(=O)Nc2ccc(-c3ccc(C(=O)N[C@H](C(=O)O)C(C)C)cc3)cc2)cc1. The summed E-state index contributed by atoms with van der Waals surface area (Å²) >= 11 is 0. The number of hydrogen-bond donors (Lipinski definition) is 3. The van der Waals surface area contributed by atoms with E-state index in [0.717, 1.165) is 30.4 Å². The molecule has 3 N–H and O–H groups in total. The van der Waals surface area contributed by atoms with Crippen LogP contribution in [-0.4, -0.2) is 28.9 Å². The zero-order chi connectivity index (χ0) is 25.4. The molecule has 2 amide bonds. The van der Waals surface area contributed by atoms with Crippen LogP contribution in [0.3, 0.4) is 0 Å². The first-order valence-corrected chi connectivity index (χ1v) is 11.9. The lowest BCUT2D eigenvalue weighted by Crippen LogP contribution is -2.44. The van der Waals surface area contributed by atoms with Crippen LogP contribution in [0.15, 0.2) is 72.8 Å². The number of carbonyl (C=O) groups excluding carboxylic acids is 2. The molecule has 0 radical (unpaired) electrons. The molecule has 0 fully saturated rings. The zero-order valence-electron chi connectivity index (χ0n) is 20.4. The van der Waals surface area contributed by atoms with E-state index in [0.29, 0.717) is 16.8 Å². The van der Waals surface area contributed by atoms with Crippen LogP contribution in [0.1, 0.15) is 59.9 Å². The number of anilines is 1. The van der Waals surface area contributed by atoms with E-state index in [1.165, 1.54) is 5.56 Å². The molecule has 35 heavy (non-hydrogen) atoms. The van der Waals surface area contributed by atoms with E-state index in [4.69, 9.17) is 0 Å². The minimum atomic E-state index is -1.05. The quantitative estimate of drug-likeness (QED) is 0.348. The van der Waals surface area contributed by atoms with Gasteiger partial charge in [-0.05, 0) is 71.8 Å². The van der Waals surface area contributed by atoms with Gasteiger partial charge in [-0.25, -0.2) is 4.79 Å². The topological polar surface area (TPSA) is 95.5 Å². The lowest BCUT2D eigenvalue weighted by molar-refractivity contribution is -0.140. The van der Waals surface area contributed by atoms with Crippen LogP contribution < -0.4 is 10.6 Å². The second kappa shape index (κ2) is 12.0. The fraction of sp³-hybridized carbons (Fsp3) is 0.276. The normalized spacial score (nSPS) is 11.7. The minimum absolute atomic E-state index is 0.156. The predicted octanol–water partition coefficient (Wildman–Crippen LogP) is 5.79. The molecule has 0 aliphatic carbocycles. The molecule has 0 saturated heterocycles. The highest BCUT2D eigenvalue weighted by molar-refractivity contribution is 6.04. The average Bonchev–Trinajstić information content (AvgIpc) is 2.86. The molecular formula is C29H32N2O4. The van der Waals surface area contributed by atoms with Gasteiger partial charge < -0.3 is 15.7 Å². The van der Waals surface area contributed by atoms with Crippen LogP contribution >= 0.6 is 0 Å². The van der Waals surface area contributed by atoms with Gasteiger partial charge in [-0.2, -0.15) is 0 Å². The highest BCUT2D eigenvalue weighted by Crippen LogP contribution is 2.22. The maximum atomic E-state index is 12.6. The first kappa shape index (κ1) is 25.7. The third-order valence-electron chi connectivity index (χ3n) is 5.88. The molecule has 0 unspecified atom stereocenters. The predicted molar refractivity (Wildman–Crippen MR) is 139 cm³/mol. The van der Waals surface area contributed by atoms with Crippen LogP contribution in [-0.2, 0) is 11.2 Å². The summed E-state index contributed by atoms with van der Waals surface area (Å²) in [5, 5.41) is 14.8. The first-order chi connectivity index (χ1) is 16.8. The van der Waals surface area contributed by atoms with E-state index in [1.807, 2.05) is 60.7 Å². The summed E-state index contributed by atoms with van der Waals surface area (Å²) in [4.78, 5) is 36.3. The van der Waals surface area contributed by atoms with Gasteiger partial charge in [0, 0.05) is 16.8 Å². The van der Waals surface area contributed by atoms with E-state index in [1.54, 1.807) is 26.0 Å². The molecule has 0 heterocycles. The molecule has 3 aromatic rings. The highest BCUT2D eigenvalue weighted by Gasteiger charge is 2.23. The molecule has 182 valence electrons. The van der Waals surface area contributed by atoms with E-state index in [9.17, 15) is 19.5 Å². The molecule has 6 nitrogen and oxygen atoms in total. The second-order valence-corrected chi connectivity index (χ2v) is 8.94. The number of aliphatic carboxylic acids is 1. The number of rotatable bonds is 10. The molecule has 0 aromatic heterocycles. The Morgan fingerprint density at radius 2 is 1.29 bits per heavy atom. The molecule has 0 aliphatic heterocycles. The van der Waals surface area contributed by atoms with Crippen LogP contribution in [0.25, 0.3) is 11.1 Å². The smallest absolute Gasteiger partial charge is 0.326 e. The van der Waals surface area contributed by atoms with Gasteiger partial charge in [0.05, 0.1) is 0 Å². The van der Waals surface area contributed by atoms with Gasteiger partial charge in [-0.1, -0.05) is 63.6 Å². The molecule has 0 saturated carbocycles. The molecule has 3 rings (SSSR count). The van der Waals surface area contributed by atoms with Gasteiger partial charge in [0.2, 0.25) is 0 Å². The van der Waals surface area contributed by atoms with Crippen molar-refractivity contribution in [3.8, 4) is 11.1 Å². The number of benzene rings is 3. The third kappa shape index (κ3) is 7.03. The largest absolute Gasteiger partial charge is 0.480 e. The van der Waals surface area contributed by atoms with Crippen molar-refractivity contribution in [3.05, 3.63) is 89.5 Å². The van der Waals surface area contributed by atoms with Crippen molar-refractivity contribution in [1.29, 1.82) is 0 Å². The van der Waals surface area contributed by atoms with Gasteiger partial charge in [0.1, 0.15) is 6.04 Å². The van der Waals surface area contributed by atoms with E-state index < -0.39 is 17.9 Å². The van der Waals surface area contributed by atoms with Crippen molar-refractivity contribution in [2.75, 3.05) is 5.32 Å². The Labute approximate surface area is 206 Å². The van der Waals surface area contributed by atoms with Crippen LogP contribution in [0.2, 0.25) is 0 Å². The first-order valence-electron chi connectivity index (χ1n) is 11.9. The Morgan fingerprint density at radius 3 is 1.80 bits per heavy atom. The van der Waals surface area contributed by atoms with Crippen molar-refractivity contribution in [2.24, 2.45) is 5.92 Å². The van der Waals surface area contributed by atoms with Crippen molar-refractivity contribution in [1.82, 2.24) is 5.32 Å². The molecule has 0 aliphatic rings. The summed E-state index contributed by atoms with van der Waals surface area (Å²) in [7, 11) is 0. The van der Waals surface area contributed by atoms with Crippen LogP contribution in [0, 0.1) is 5.92 Å². The van der Waals surface area contributed by atoms with Gasteiger partial charge in [-0.3, -0.25) is 9.59 Å². The van der Waals surface area contributed by atoms with E-state index >= 15 is 0 Å². The maximum Gasteiger partial charge on any atom is 0.326 e. The summed E-state index contributed by atoms with van der Waals surface area (Å²) in [6, 6.07) is 21.2. The molecule has 0 bridgehead atoms. The Kier molecular flexibility index (Phi) is 8.79. The minimum Gasteiger partial charge on any atom is -0.480 e. The maximum absolute atomic E-state index is 12.6. The number of aryl methyl sites for hydroxylation is 1. The Morgan fingerprint density at radius 1 is 0.771 bits per heavy atom. The lowest BCUT2D eigenvalue weighted by atomic mass is 10.0. The van der Waals surface area contributed by atoms with E-state index in [2.05, 4.69) is 17.6 Å². The molecular weight excluding hydrogens is 440 g/mol. The van der Waals surface area contributed by atoms with Crippen molar-refractivity contribution in [2.45, 2.75) is 46.1 Å². The number of amides is 2. The van der Waals surface area contributed by atoms with Crippen molar-refractivity contribution < 1.29 is 19.5 Å². The summed E-state index contributed by atoms with van der Waals surface area (Å²) in [6.07, 6.45) is 3.30. The van der Waals surface area contributed by atoms with Gasteiger partial charge in [0.25, 0.3) is 11.8 Å². The Hall–Kier alpha value is -3.93. The summed E-state index contributed by atoms with van der Waals surface area (Å²) in [5.74, 6) is -1.86. The van der Waals surface area contributed by atoms with Gasteiger partial charge >= 0.3 is 5.97 Å². The van der Waals surface area contributed by atoms with E-state index in [-0.39, 0.29) is 11.8 Å². The zero-order valence-corrected chi connectivity index (χ0v) is 20.4. The Balaban J connectivity index is 1.61. The second-order valence-electron chi connectivity index (χ2n) is 8.94. The van der Waals surface area contributed by atoms with Crippen molar-refractivity contribution >= 4 is 23.5 Å². The van der Waals surface area contributed by atoms with Gasteiger partial charge in [-0.15, -0.1) is 0 Å². The lowest BCUT2D eigenvalue weighted by Gasteiger charge is -2.18. The van der Waals surface area contributed by atoms with Crippen LogP contribution in [0.4, 0.5) is 5.69 Å². The number of unbranched alkanes of at least 4 members (excludes halogenated alkanes) is 1. The molecule has 6 heteroatoms. The monoisotopic (exact) mass is 472 g/mol. The molecule has 1 atom stereocenters. The number of carboxylic acids is 1. The molecule has 0 spiro atoms. The van der Waals surface area contributed by atoms with Gasteiger partial charge in [0.15, 0.2) is 0 Å². The standard InChI is InChI=1S/C29H32N2O4/c1-4-5-6-20-7-9-23(10-8-20)27(32)30-25-17-15-22(16-18-25)21-11-13-24(14-12-21)28(33)31-26(19(2)3)29(34)35/h7-19,26H,4-6H2,1-3H3,(H,30,32)(H,31,33)(H,34,35)/t26-/m0/s1. The fourth-order valence-electron chi connectivity index (χ4n) is 3.71. The summed E-state index contributed by atoms with van der Waals surface area (Å²) < 4.78 is 0. The number of hydrogen-bond acceptors (Lipinski definition) is 3. The van der Waals surface area contributed by atoms with Crippen molar-refractivity contribution in [3.63, 3.8) is 0 Å². The summed E-state index contributed by atoms with van der Waals surface area (Å²) in [6.45, 7) is 5.66.